The number of fused-ring (bicyclic) bond motifs is 5. The van der Waals surface area contributed by atoms with Gasteiger partial charge in [-0.25, -0.2) is 4.98 Å². The summed E-state index contributed by atoms with van der Waals surface area (Å²) in [6.45, 7) is 3.34. The highest BCUT2D eigenvalue weighted by molar-refractivity contribution is 6.11. The lowest BCUT2D eigenvalue weighted by Gasteiger charge is -2.23. The Kier molecular flexibility index (Phi) is 8.34. The summed E-state index contributed by atoms with van der Waals surface area (Å²) in [6, 6.07) is 23.8. The molecule has 4 heterocycles. The molecule has 8 nitrogen and oxygen atoms in total. The topological polar surface area (TPSA) is 118 Å². The molecule has 3 aromatic carbocycles. The van der Waals surface area contributed by atoms with Crippen molar-refractivity contribution in [3.05, 3.63) is 120 Å². The summed E-state index contributed by atoms with van der Waals surface area (Å²) in [5.41, 5.74) is 12.2. The molecule has 0 saturated heterocycles. The van der Waals surface area contributed by atoms with Crippen LogP contribution >= 0.6 is 0 Å². The van der Waals surface area contributed by atoms with Gasteiger partial charge in [0.2, 0.25) is 0 Å². The van der Waals surface area contributed by atoms with Crippen molar-refractivity contribution in [1.29, 1.82) is 0 Å². The lowest BCUT2D eigenvalue weighted by Crippen LogP contribution is -2.27. The van der Waals surface area contributed by atoms with E-state index in [9.17, 15) is 9.90 Å². The highest BCUT2D eigenvalue weighted by atomic mass is 16.3. The summed E-state index contributed by atoms with van der Waals surface area (Å²) in [7, 11) is 2.06. The van der Waals surface area contributed by atoms with E-state index in [1.54, 1.807) is 18.3 Å². The molecule has 0 spiro atoms. The van der Waals surface area contributed by atoms with Gasteiger partial charge in [0.25, 0.3) is 0 Å². The molecule has 0 saturated carbocycles. The van der Waals surface area contributed by atoms with Gasteiger partial charge >= 0.3 is 0 Å². The van der Waals surface area contributed by atoms with Gasteiger partial charge in [-0.1, -0.05) is 36.4 Å². The molecule has 7 aromatic rings. The highest BCUT2D eigenvalue weighted by Crippen LogP contribution is 2.34. The molecule has 0 amide bonds. The number of phenols is 1. The summed E-state index contributed by atoms with van der Waals surface area (Å²) in [5.74, 6) is 1.60. The molecule has 0 bridgehead atoms. The van der Waals surface area contributed by atoms with Crippen molar-refractivity contribution in [2.75, 3.05) is 6.54 Å². The van der Waals surface area contributed by atoms with Crippen LogP contribution in [0.1, 0.15) is 33.9 Å². The predicted molar refractivity (Wildman–Crippen MR) is 177 cm³/mol. The number of H-pyrrole nitrogens is 2. The van der Waals surface area contributed by atoms with Gasteiger partial charge in [0, 0.05) is 82.9 Å². The van der Waals surface area contributed by atoms with E-state index in [-0.39, 0.29) is 11.7 Å². The smallest absolute Gasteiger partial charge is 0.170 e. The summed E-state index contributed by atoms with van der Waals surface area (Å²) in [6.07, 6.45) is 10.4. The van der Waals surface area contributed by atoms with Crippen molar-refractivity contribution in [3.63, 3.8) is 0 Å². The molecule has 8 heteroatoms. The van der Waals surface area contributed by atoms with Gasteiger partial charge in [-0.2, -0.15) is 0 Å². The average molecular weight is 587 g/mol. The Bertz CT molecular complexity index is 2010. The van der Waals surface area contributed by atoms with E-state index in [2.05, 4.69) is 61.5 Å². The van der Waals surface area contributed by atoms with Crippen LogP contribution in [0.3, 0.4) is 0 Å². The highest BCUT2D eigenvalue weighted by Gasteiger charge is 2.32. The second-order valence-electron chi connectivity index (χ2n) is 11.3. The summed E-state index contributed by atoms with van der Waals surface area (Å²) >= 11 is 0. The number of hydrogen-bond donors (Lipinski definition) is 4. The number of nitrogens with two attached hydrogens (primary N) is 1. The molecule has 44 heavy (non-hydrogen) atoms. The average Bonchev–Trinajstić information content (AvgIpc) is 3.83. The molecule has 1 atom stereocenters. The van der Waals surface area contributed by atoms with Gasteiger partial charge in [0.05, 0.1) is 0 Å². The molecule has 1 aliphatic carbocycles. The Morgan fingerprint density at radius 1 is 1.00 bits per heavy atom. The van der Waals surface area contributed by atoms with Crippen molar-refractivity contribution < 1.29 is 9.90 Å². The van der Waals surface area contributed by atoms with Gasteiger partial charge < -0.3 is 29.9 Å². The Hall–Kier alpha value is -5.08. The fourth-order valence-electron chi connectivity index (χ4n) is 6.19. The van der Waals surface area contributed by atoms with Crippen LogP contribution in [0.25, 0.3) is 32.7 Å². The van der Waals surface area contributed by atoms with Gasteiger partial charge in [-0.3, -0.25) is 4.79 Å². The van der Waals surface area contributed by atoms with E-state index in [0.717, 1.165) is 64.6 Å². The predicted octanol–water partition coefficient (Wildman–Crippen LogP) is 6.67. The molecule has 8 rings (SSSR count). The zero-order valence-electron chi connectivity index (χ0n) is 25.1. The van der Waals surface area contributed by atoms with Crippen LogP contribution in [0.5, 0.6) is 5.75 Å². The minimum absolute atomic E-state index is 0.0474. The van der Waals surface area contributed by atoms with Crippen LogP contribution in [0.2, 0.25) is 0 Å². The third-order valence-corrected chi connectivity index (χ3v) is 8.54. The maximum Gasteiger partial charge on any atom is 0.170 e. The number of ketones is 1. The number of rotatable bonds is 4. The fourth-order valence-corrected chi connectivity index (χ4v) is 6.19. The van der Waals surface area contributed by atoms with Gasteiger partial charge in [0.1, 0.15) is 11.6 Å². The van der Waals surface area contributed by atoms with Crippen LogP contribution in [0.4, 0.5) is 0 Å². The second kappa shape index (κ2) is 12.7. The van der Waals surface area contributed by atoms with Crippen LogP contribution < -0.4 is 5.73 Å². The number of Topliss-reactive ketones (excluding diaryl/α,β-unsaturated/α-hetero) is 1. The number of aromatic amines is 2. The van der Waals surface area contributed by atoms with Crippen molar-refractivity contribution in [3.8, 4) is 5.75 Å². The van der Waals surface area contributed by atoms with Crippen LogP contribution in [0.15, 0.2) is 97.6 Å². The summed E-state index contributed by atoms with van der Waals surface area (Å²) in [5, 5.41) is 12.7. The third-order valence-electron chi connectivity index (χ3n) is 8.54. The Balaban J connectivity index is 0.000000131. The number of nitrogens with zero attached hydrogens (tertiary/aromatic N) is 3. The Morgan fingerprint density at radius 3 is 2.61 bits per heavy atom. The number of carbonyl (C=O) groups excluding carboxylic acids is 1. The van der Waals surface area contributed by atoms with Gasteiger partial charge in [-0.15, -0.1) is 0 Å². The lowest BCUT2D eigenvalue weighted by molar-refractivity contribution is 0.0888. The Labute approximate surface area is 256 Å². The SMILES string of the molecule is Cc1nccn1CC1CCc2c(c3ccccc3n2C)C1=O.NCCc1c[nH]c2ccc(O)cc12.c1ccc2[nH]ccc2c1. The van der Waals surface area contributed by atoms with Gasteiger partial charge in [0.15, 0.2) is 5.78 Å². The number of hydrogen-bond acceptors (Lipinski definition) is 4. The number of para-hydroxylation sites is 2. The standard InChI is InChI=1S/C18H19N3O.C10H12N2O.C8H7N/c1-12-19-9-10-21(12)11-13-7-8-16-17(18(13)22)14-5-3-4-6-15(14)20(16)2;11-4-3-7-6-12-10-2-1-8(13)5-9(7)10;1-2-4-8-7(3-1)5-6-9-8/h3-6,9-10,13H,7-8,11H2,1-2H3;1-2,5-6,12-13H,3-4,11H2;1-6,9H. The van der Waals surface area contributed by atoms with Crippen LogP contribution in [-0.4, -0.2) is 41.5 Å². The molecule has 224 valence electrons. The van der Waals surface area contributed by atoms with E-state index < -0.39 is 0 Å². The zero-order valence-corrected chi connectivity index (χ0v) is 25.1. The molecule has 4 aromatic heterocycles. The molecular formula is C36H38N6O2. The number of carbonyl (C=O) groups is 1. The first-order valence-electron chi connectivity index (χ1n) is 15.0. The maximum atomic E-state index is 13.0. The lowest BCUT2D eigenvalue weighted by atomic mass is 9.85. The molecular weight excluding hydrogens is 548 g/mol. The van der Waals surface area contributed by atoms with Crippen molar-refractivity contribution in [2.24, 2.45) is 18.7 Å². The zero-order chi connectivity index (χ0) is 30.6. The monoisotopic (exact) mass is 586 g/mol. The number of nitrogens with one attached hydrogen (secondary N) is 2. The van der Waals surface area contributed by atoms with E-state index >= 15 is 0 Å². The fraction of sp³-hybridized carbons (Fsp3) is 0.222. The van der Waals surface area contributed by atoms with E-state index in [4.69, 9.17) is 5.73 Å². The number of aromatic hydroxyl groups is 1. The van der Waals surface area contributed by atoms with Crippen molar-refractivity contribution >= 4 is 38.5 Å². The molecule has 1 unspecified atom stereocenters. The van der Waals surface area contributed by atoms with Crippen molar-refractivity contribution in [1.82, 2.24) is 24.1 Å². The maximum absolute atomic E-state index is 13.0. The quantitative estimate of drug-likeness (QED) is 0.184. The third kappa shape index (κ3) is 5.76. The first-order valence-corrected chi connectivity index (χ1v) is 15.0. The number of benzene rings is 3. The molecule has 0 radical (unpaired) electrons. The molecule has 1 aliphatic rings. The first-order chi connectivity index (χ1) is 21.4. The summed E-state index contributed by atoms with van der Waals surface area (Å²) in [4.78, 5) is 23.5. The molecule has 0 fully saturated rings. The largest absolute Gasteiger partial charge is 0.508 e. The minimum atomic E-state index is 0.0474. The number of aromatic nitrogens is 5. The normalized spacial score (nSPS) is 14.2. The summed E-state index contributed by atoms with van der Waals surface area (Å²) < 4.78 is 4.26. The van der Waals surface area contributed by atoms with E-state index in [1.807, 2.05) is 55.8 Å². The van der Waals surface area contributed by atoms with E-state index in [1.165, 1.54) is 16.6 Å². The molecule has 0 aliphatic heterocycles. The number of imidazole rings is 1. The number of aryl methyl sites for hydroxylation is 2. The Morgan fingerprint density at radius 2 is 1.82 bits per heavy atom. The number of phenolic OH excluding ortho intramolecular Hbond substituents is 1. The second-order valence-corrected chi connectivity index (χ2v) is 11.3. The van der Waals surface area contributed by atoms with Crippen LogP contribution in [0, 0.1) is 12.8 Å². The van der Waals surface area contributed by atoms with Crippen LogP contribution in [-0.2, 0) is 26.4 Å². The molecule has 5 N–H and O–H groups in total. The van der Waals surface area contributed by atoms with Gasteiger partial charge in [-0.05, 0) is 80.1 Å². The first kappa shape index (κ1) is 29.0. The van der Waals surface area contributed by atoms with Crippen molar-refractivity contribution in [2.45, 2.75) is 32.7 Å². The minimum Gasteiger partial charge on any atom is -0.508 e. The van der Waals surface area contributed by atoms with E-state index in [0.29, 0.717) is 12.3 Å².